The topological polar surface area (TPSA) is 61.9 Å². The summed E-state index contributed by atoms with van der Waals surface area (Å²) in [5.41, 5.74) is 1.10. The van der Waals surface area contributed by atoms with Crippen molar-refractivity contribution in [2.75, 3.05) is 38.2 Å². The number of hydrogen-bond acceptors (Lipinski definition) is 6. The van der Waals surface area contributed by atoms with Crippen LogP contribution < -0.4 is 14.4 Å². The van der Waals surface area contributed by atoms with Crippen molar-refractivity contribution in [3.05, 3.63) is 77.0 Å². The lowest BCUT2D eigenvalue weighted by Crippen LogP contribution is -2.52. The van der Waals surface area contributed by atoms with E-state index < -0.39 is 10.0 Å². The minimum absolute atomic E-state index is 0.0340. The van der Waals surface area contributed by atoms with Gasteiger partial charge >= 0.3 is 0 Å². The molecular formula is C24H29N3O3S2. The van der Waals surface area contributed by atoms with E-state index in [1.807, 2.05) is 42.6 Å². The first kappa shape index (κ1) is 22.8. The van der Waals surface area contributed by atoms with Gasteiger partial charge in [-0.05, 0) is 42.6 Å². The van der Waals surface area contributed by atoms with Gasteiger partial charge in [-0.25, -0.2) is 13.1 Å². The van der Waals surface area contributed by atoms with Crippen molar-refractivity contribution in [3.63, 3.8) is 0 Å². The first-order valence-electron chi connectivity index (χ1n) is 10.7. The number of para-hydroxylation sites is 2. The van der Waals surface area contributed by atoms with Gasteiger partial charge in [0.05, 0.1) is 23.7 Å². The molecule has 1 aliphatic rings. The molecule has 2 aromatic carbocycles. The summed E-state index contributed by atoms with van der Waals surface area (Å²) >= 11 is 1.67. The number of nitrogens with zero attached hydrogens (tertiary/aromatic N) is 2. The van der Waals surface area contributed by atoms with Gasteiger partial charge in [0, 0.05) is 37.1 Å². The van der Waals surface area contributed by atoms with Gasteiger partial charge in [0.2, 0.25) is 10.0 Å². The van der Waals surface area contributed by atoms with Crippen LogP contribution in [0.2, 0.25) is 0 Å². The summed E-state index contributed by atoms with van der Waals surface area (Å²) in [4.78, 5) is 6.17. The second-order valence-electron chi connectivity index (χ2n) is 7.88. The van der Waals surface area contributed by atoms with Crippen molar-refractivity contribution in [2.24, 2.45) is 0 Å². The maximum Gasteiger partial charge on any atom is 0.240 e. The van der Waals surface area contributed by atoms with E-state index in [-0.39, 0.29) is 17.0 Å². The first-order chi connectivity index (χ1) is 15.5. The molecule has 0 amide bonds. The summed E-state index contributed by atoms with van der Waals surface area (Å²) in [6.45, 7) is 5.31. The number of benzene rings is 2. The number of piperazine rings is 1. The van der Waals surface area contributed by atoms with Gasteiger partial charge in [-0.15, -0.1) is 11.3 Å². The van der Waals surface area contributed by atoms with Crippen LogP contribution in [0.5, 0.6) is 5.75 Å². The molecule has 0 saturated carbocycles. The highest BCUT2D eigenvalue weighted by molar-refractivity contribution is 7.89. The Hall–Kier alpha value is -2.39. The van der Waals surface area contributed by atoms with Gasteiger partial charge in [0.1, 0.15) is 5.75 Å². The lowest BCUT2D eigenvalue weighted by atomic mass is 10.1. The Morgan fingerprint density at radius 3 is 2.28 bits per heavy atom. The predicted molar refractivity (Wildman–Crippen MR) is 130 cm³/mol. The molecule has 6 nitrogen and oxygen atoms in total. The van der Waals surface area contributed by atoms with E-state index >= 15 is 0 Å². The van der Waals surface area contributed by atoms with E-state index in [2.05, 4.69) is 26.7 Å². The fraction of sp³-hybridized carbons (Fsp3) is 0.333. The lowest BCUT2D eigenvalue weighted by Gasteiger charge is -2.42. The van der Waals surface area contributed by atoms with Gasteiger partial charge in [0.15, 0.2) is 0 Å². The van der Waals surface area contributed by atoms with Crippen molar-refractivity contribution in [3.8, 4) is 5.75 Å². The molecule has 0 bridgehead atoms. The molecule has 8 heteroatoms. The zero-order valence-electron chi connectivity index (χ0n) is 18.3. The van der Waals surface area contributed by atoms with Crippen LogP contribution in [0.25, 0.3) is 0 Å². The van der Waals surface area contributed by atoms with Crippen molar-refractivity contribution in [2.45, 2.75) is 23.9 Å². The minimum Gasteiger partial charge on any atom is -0.495 e. The highest BCUT2D eigenvalue weighted by atomic mass is 32.2. The molecule has 0 spiro atoms. The number of sulfonamides is 1. The molecule has 1 aromatic heterocycles. The largest absolute Gasteiger partial charge is 0.495 e. The molecule has 2 heterocycles. The quantitative estimate of drug-likeness (QED) is 0.538. The van der Waals surface area contributed by atoms with E-state index in [0.29, 0.717) is 0 Å². The number of nitrogens with one attached hydrogen (secondary N) is 1. The number of hydrogen-bond donors (Lipinski definition) is 1. The van der Waals surface area contributed by atoms with Crippen LogP contribution in [-0.4, -0.2) is 52.6 Å². The Morgan fingerprint density at radius 2 is 1.62 bits per heavy atom. The number of ether oxygens (including phenoxy) is 1. The summed E-state index contributed by atoms with van der Waals surface area (Å²) < 4.78 is 34.4. The molecule has 1 fully saturated rings. The average Bonchev–Trinajstić information content (AvgIpc) is 3.34. The SMILES string of the molecule is COc1ccccc1N1CCN([C@H](c2cccs2)[C@@H](C)NS(=O)(=O)c2ccccc2)CC1. The summed E-state index contributed by atoms with van der Waals surface area (Å²) in [5, 5.41) is 2.05. The van der Waals surface area contributed by atoms with E-state index in [9.17, 15) is 8.42 Å². The first-order valence-corrected chi connectivity index (χ1v) is 13.1. The van der Waals surface area contributed by atoms with E-state index in [1.165, 1.54) is 4.88 Å². The van der Waals surface area contributed by atoms with Gasteiger partial charge in [-0.3, -0.25) is 4.90 Å². The summed E-state index contributed by atoms with van der Waals surface area (Å²) in [6.07, 6.45) is 0. The molecule has 1 N–H and O–H groups in total. The van der Waals surface area contributed by atoms with Gasteiger partial charge in [0.25, 0.3) is 0 Å². The van der Waals surface area contributed by atoms with Gasteiger partial charge < -0.3 is 9.64 Å². The third-order valence-corrected chi connectivity index (χ3v) is 8.35. The fourth-order valence-electron chi connectivity index (χ4n) is 4.31. The third-order valence-electron chi connectivity index (χ3n) is 5.84. The highest BCUT2D eigenvalue weighted by Crippen LogP contribution is 2.33. The van der Waals surface area contributed by atoms with Crippen LogP contribution >= 0.6 is 11.3 Å². The fourth-order valence-corrected chi connectivity index (χ4v) is 6.54. The molecule has 32 heavy (non-hydrogen) atoms. The molecule has 1 aliphatic heterocycles. The van der Waals surface area contributed by atoms with E-state index in [4.69, 9.17) is 4.74 Å². The highest BCUT2D eigenvalue weighted by Gasteiger charge is 2.32. The standard InChI is InChI=1S/C24H29N3O3S2/c1-19(25-32(28,29)20-9-4-3-5-10-20)24(23-13-8-18-31-23)27-16-14-26(15-17-27)21-11-6-7-12-22(21)30-2/h3-13,18-19,24-25H,14-17H2,1-2H3/t19-,24+/m1/s1. The Labute approximate surface area is 194 Å². The van der Waals surface area contributed by atoms with E-state index in [1.54, 1.807) is 42.7 Å². The Morgan fingerprint density at radius 1 is 0.938 bits per heavy atom. The Kier molecular flexibility index (Phi) is 7.15. The molecule has 2 atom stereocenters. The molecule has 170 valence electrons. The second-order valence-corrected chi connectivity index (χ2v) is 10.6. The second kappa shape index (κ2) is 10.0. The van der Waals surface area contributed by atoms with Crippen LogP contribution in [0.4, 0.5) is 5.69 Å². The van der Waals surface area contributed by atoms with Crippen molar-refractivity contribution in [1.29, 1.82) is 0 Å². The number of rotatable bonds is 8. The molecule has 0 aliphatic carbocycles. The predicted octanol–water partition coefficient (Wildman–Crippen LogP) is 3.99. The lowest BCUT2D eigenvalue weighted by molar-refractivity contribution is 0.163. The number of thiophene rings is 1. The van der Waals surface area contributed by atoms with Gasteiger partial charge in [-0.2, -0.15) is 0 Å². The van der Waals surface area contributed by atoms with Crippen LogP contribution in [0.15, 0.2) is 77.0 Å². The van der Waals surface area contributed by atoms with Crippen molar-refractivity contribution >= 4 is 27.0 Å². The zero-order valence-corrected chi connectivity index (χ0v) is 20.0. The minimum atomic E-state index is -3.60. The summed E-state index contributed by atoms with van der Waals surface area (Å²) in [7, 11) is -1.90. The van der Waals surface area contributed by atoms with Crippen molar-refractivity contribution < 1.29 is 13.2 Å². The molecule has 4 rings (SSSR count). The Balaban J connectivity index is 1.51. The number of anilines is 1. The maximum atomic E-state index is 13.0. The maximum absolute atomic E-state index is 13.0. The Bertz CT molecular complexity index is 1100. The van der Waals surface area contributed by atoms with Crippen molar-refractivity contribution in [1.82, 2.24) is 9.62 Å². The number of methoxy groups -OCH3 is 1. The van der Waals surface area contributed by atoms with Crippen LogP contribution in [-0.2, 0) is 10.0 Å². The summed E-state index contributed by atoms with van der Waals surface area (Å²) in [5.74, 6) is 0.875. The molecule has 0 radical (unpaired) electrons. The normalized spacial score (nSPS) is 17.1. The smallest absolute Gasteiger partial charge is 0.240 e. The van der Waals surface area contributed by atoms with Gasteiger partial charge in [-0.1, -0.05) is 36.4 Å². The zero-order chi connectivity index (χ0) is 22.6. The van der Waals surface area contributed by atoms with E-state index in [0.717, 1.165) is 37.6 Å². The molecular weight excluding hydrogens is 442 g/mol. The average molecular weight is 472 g/mol. The summed E-state index contributed by atoms with van der Waals surface area (Å²) in [6, 6.07) is 20.4. The van der Waals surface area contributed by atoms with Crippen LogP contribution in [0.1, 0.15) is 17.8 Å². The molecule has 0 unspecified atom stereocenters. The molecule has 3 aromatic rings. The van der Waals surface area contributed by atoms with Crippen LogP contribution in [0, 0.1) is 0 Å². The molecule has 1 saturated heterocycles. The van der Waals surface area contributed by atoms with Crippen LogP contribution in [0.3, 0.4) is 0 Å². The monoisotopic (exact) mass is 471 g/mol. The third kappa shape index (κ3) is 4.99.